The highest BCUT2D eigenvalue weighted by atomic mass is 19.1. The molecule has 1 saturated heterocycles. The number of hydrogen-bond donors (Lipinski definition) is 1. The fraction of sp³-hybridized carbons (Fsp3) is 0.312. The smallest absolute Gasteiger partial charge is 0.227 e. The molecule has 1 aliphatic rings. The topological polar surface area (TPSA) is 67.2 Å². The van der Waals surface area contributed by atoms with Crippen LogP contribution in [0.25, 0.3) is 0 Å². The summed E-state index contributed by atoms with van der Waals surface area (Å²) in [5.41, 5.74) is 0.490. The van der Waals surface area contributed by atoms with E-state index in [-0.39, 0.29) is 24.8 Å². The first-order chi connectivity index (χ1) is 11.1. The Morgan fingerprint density at radius 2 is 2.30 bits per heavy atom. The number of carbonyl (C=O) groups is 2. The molecule has 0 radical (unpaired) electrons. The molecule has 23 heavy (non-hydrogen) atoms. The van der Waals surface area contributed by atoms with E-state index in [2.05, 4.69) is 10.3 Å². The van der Waals surface area contributed by atoms with Gasteiger partial charge >= 0.3 is 0 Å². The first-order valence-corrected chi connectivity index (χ1v) is 7.43. The summed E-state index contributed by atoms with van der Waals surface area (Å²) in [5.74, 6) is -1.13. The van der Waals surface area contributed by atoms with Gasteiger partial charge in [-0.1, -0.05) is 6.07 Å². The van der Waals surface area contributed by atoms with Crippen molar-refractivity contribution in [2.75, 3.05) is 18.0 Å². The molecular weight excluding hydrogens is 299 g/mol. The number of carbonyl (C=O) groups excluding carboxylic acids is 2. The lowest BCUT2D eigenvalue weighted by molar-refractivity contribution is -0.126. The van der Waals surface area contributed by atoms with Gasteiger partial charge in [-0.3, -0.25) is 9.59 Å². The van der Waals surface area contributed by atoms with Gasteiger partial charge in [-0.25, -0.2) is 9.37 Å². The average Bonchev–Trinajstić information content (AvgIpc) is 3.16. The molecule has 1 aromatic carbocycles. The maximum absolute atomic E-state index is 13.3. The Balaban J connectivity index is 1.55. The van der Waals surface area contributed by atoms with E-state index in [9.17, 15) is 14.0 Å². The van der Waals surface area contributed by atoms with Crippen LogP contribution in [0.3, 0.4) is 0 Å². The van der Waals surface area contributed by atoms with Crippen molar-refractivity contribution >= 4 is 17.5 Å². The molecule has 7 heteroatoms. The van der Waals surface area contributed by atoms with Crippen molar-refractivity contribution in [3.8, 4) is 0 Å². The van der Waals surface area contributed by atoms with Gasteiger partial charge in [0.1, 0.15) is 5.82 Å². The van der Waals surface area contributed by atoms with Gasteiger partial charge in [-0.15, -0.1) is 0 Å². The van der Waals surface area contributed by atoms with Gasteiger partial charge in [-0.05, 0) is 18.2 Å². The maximum atomic E-state index is 13.3. The molecule has 3 rings (SSSR count). The van der Waals surface area contributed by atoms with Gasteiger partial charge in [0.2, 0.25) is 11.8 Å². The first kappa shape index (κ1) is 15.2. The summed E-state index contributed by atoms with van der Waals surface area (Å²) < 4.78 is 15.1. The molecule has 6 nitrogen and oxygen atoms in total. The van der Waals surface area contributed by atoms with E-state index in [1.165, 1.54) is 17.0 Å². The number of benzene rings is 1. The van der Waals surface area contributed by atoms with E-state index in [1.807, 2.05) is 10.8 Å². The largest absolute Gasteiger partial charge is 0.354 e. The summed E-state index contributed by atoms with van der Waals surface area (Å²) in [6.45, 7) is 1.37. The lowest BCUT2D eigenvalue weighted by atomic mass is 10.1. The van der Waals surface area contributed by atoms with Crippen LogP contribution in [0.1, 0.15) is 6.42 Å². The second-order valence-electron chi connectivity index (χ2n) is 5.48. The van der Waals surface area contributed by atoms with Crippen molar-refractivity contribution < 1.29 is 14.0 Å². The van der Waals surface area contributed by atoms with E-state index in [4.69, 9.17) is 0 Å². The monoisotopic (exact) mass is 316 g/mol. The molecule has 2 heterocycles. The molecule has 0 aliphatic carbocycles. The minimum Gasteiger partial charge on any atom is -0.354 e. The van der Waals surface area contributed by atoms with E-state index in [1.54, 1.807) is 24.7 Å². The Kier molecular flexibility index (Phi) is 4.36. The van der Waals surface area contributed by atoms with Crippen molar-refractivity contribution in [1.29, 1.82) is 0 Å². The SMILES string of the molecule is O=C(NCCn1ccnc1)[C@H]1CC(=O)N(c2cccc(F)c2)C1. The third-order valence-electron chi connectivity index (χ3n) is 3.84. The number of aromatic nitrogens is 2. The second-order valence-corrected chi connectivity index (χ2v) is 5.48. The molecule has 1 fully saturated rings. The highest BCUT2D eigenvalue weighted by molar-refractivity contribution is 6.00. The van der Waals surface area contributed by atoms with Crippen LogP contribution < -0.4 is 10.2 Å². The minimum atomic E-state index is -0.409. The Labute approximate surface area is 132 Å². The van der Waals surface area contributed by atoms with Crippen LogP contribution in [0.2, 0.25) is 0 Å². The normalized spacial score (nSPS) is 17.5. The first-order valence-electron chi connectivity index (χ1n) is 7.43. The Morgan fingerprint density at radius 3 is 3.04 bits per heavy atom. The summed E-state index contributed by atoms with van der Waals surface area (Å²) in [6, 6.07) is 5.85. The van der Waals surface area contributed by atoms with E-state index < -0.39 is 11.7 Å². The number of imidazole rings is 1. The lowest BCUT2D eigenvalue weighted by Gasteiger charge is -2.16. The molecule has 1 N–H and O–H groups in total. The van der Waals surface area contributed by atoms with Gasteiger partial charge in [0.15, 0.2) is 0 Å². The molecule has 0 spiro atoms. The number of hydrogen-bond acceptors (Lipinski definition) is 3. The summed E-state index contributed by atoms with van der Waals surface area (Å²) in [7, 11) is 0. The number of nitrogens with one attached hydrogen (secondary N) is 1. The number of anilines is 1. The van der Waals surface area contributed by atoms with Crippen LogP contribution in [0, 0.1) is 11.7 Å². The fourth-order valence-corrected chi connectivity index (χ4v) is 2.65. The molecule has 120 valence electrons. The number of nitrogens with zero attached hydrogens (tertiary/aromatic N) is 3. The van der Waals surface area contributed by atoms with Gasteiger partial charge in [0.05, 0.1) is 12.2 Å². The van der Waals surface area contributed by atoms with Crippen LogP contribution in [-0.4, -0.2) is 34.5 Å². The van der Waals surface area contributed by atoms with Gasteiger partial charge in [0, 0.05) is 44.1 Å². The van der Waals surface area contributed by atoms with E-state index in [0.717, 1.165) is 0 Å². The Hall–Kier alpha value is -2.70. The third-order valence-corrected chi connectivity index (χ3v) is 3.84. The zero-order chi connectivity index (χ0) is 16.2. The van der Waals surface area contributed by atoms with E-state index in [0.29, 0.717) is 18.8 Å². The summed E-state index contributed by atoms with van der Waals surface area (Å²) in [6.07, 6.45) is 5.32. The van der Waals surface area contributed by atoms with E-state index >= 15 is 0 Å². The number of halogens is 1. The van der Waals surface area contributed by atoms with Crippen molar-refractivity contribution in [3.63, 3.8) is 0 Å². The zero-order valence-corrected chi connectivity index (χ0v) is 12.5. The van der Waals surface area contributed by atoms with Crippen LogP contribution in [0.5, 0.6) is 0 Å². The maximum Gasteiger partial charge on any atom is 0.227 e. The average molecular weight is 316 g/mol. The molecule has 1 aliphatic heterocycles. The second kappa shape index (κ2) is 6.60. The number of rotatable bonds is 5. The highest BCUT2D eigenvalue weighted by Crippen LogP contribution is 2.25. The molecule has 0 bridgehead atoms. The van der Waals surface area contributed by atoms with Gasteiger partial charge in [0.25, 0.3) is 0 Å². The third kappa shape index (κ3) is 3.56. The predicted molar refractivity (Wildman–Crippen MR) is 82.1 cm³/mol. The van der Waals surface area contributed by atoms with Crippen molar-refractivity contribution in [2.45, 2.75) is 13.0 Å². The predicted octanol–water partition coefficient (Wildman–Crippen LogP) is 1.19. The molecule has 1 atom stereocenters. The quantitative estimate of drug-likeness (QED) is 0.901. The lowest BCUT2D eigenvalue weighted by Crippen LogP contribution is -2.34. The van der Waals surface area contributed by atoms with Gasteiger partial charge < -0.3 is 14.8 Å². The van der Waals surface area contributed by atoms with Crippen LogP contribution in [-0.2, 0) is 16.1 Å². The molecule has 0 saturated carbocycles. The summed E-state index contributed by atoms with van der Waals surface area (Å²) in [4.78, 5) is 29.6. The fourth-order valence-electron chi connectivity index (χ4n) is 2.65. The Bertz CT molecular complexity index is 702. The minimum absolute atomic E-state index is 0.146. The molecule has 2 amide bonds. The summed E-state index contributed by atoms with van der Waals surface area (Å²) in [5, 5.41) is 2.83. The van der Waals surface area contributed by atoms with Gasteiger partial charge in [-0.2, -0.15) is 0 Å². The van der Waals surface area contributed by atoms with Crippen LogP contribution in [0.4, 0.5) is 10.1 Å². The standard InChI is InChI=1S/C16H17FN4O2/c17-13-2-1-3-14(9-13)21-10-12(8-15(21)22)16(23)19-5-7-20-6-4-18-11-20/h1-4,6,9,11-12H,5,7-8,10H2,(H,19,23)/t12-/m0/s1. The molecule has 1 aromatic heterocycles. The Morgan fingerprint density at radius 1 is 1.43 bits per heavy atom. The molecule has 2 aromatic rings. The molecular formula is C16H17FN4O2. The summed E-state index contributed by atoms with van der Waals surface area (Å²) >= 11 is 0. The molecule has 0 unspecified atom stereocenters. The van der Waals surface area contributed by atoms with Crippen molar-refractivity contribution in [2.24, 2.45) is 5.92 Å². The van der Waals surface area contributed by atoms with Crippen LogP contribution >= 0.6 is 0 Å². The van der Waals surface area contributed by atoms with Crippen LogP contribution in [0.15, 0.2) is 43.0 Å². The highest BCUT2D eigenvalue weighted by Gasteiger charge is 2.35. The number of amides is 2. The zero-order valence-electron chi connectivity index (χ0n) is 12.5. The van der Waals surface area contributed by atoms with Crippen molar-refractivity contribution in [3.05, 3.63) is 48.8 Å². The van der Waals surface area contributed by atoms with Crippen molar-refractivity contribution in [1.82, 2.24) is 14.9 Å².